The molecule has 6 heteroatoms. The first-order valence-electron chi connectivity index (χ1n) is 7.67. The number of hydrogen-bond donors (Lipinski definition) is 0. The number of benzene rings is 1. The maximum Gasteiger partial charge on any atom is 0.233 e. The number of rotatable bonds is 6. The van der Waals surface area contributed by atoms with Gasteiger partial charge < -0.3 is 8.98 Å². The summed E-state index contributed by atoms with van der Waals surface area (Å²) in [5.74, 6) is 2.23. The fourth-order valence-electron chi connectivity index (χ4n) is 2.44. The van der Waals surface area contributed by atoms with Crippen LogP contribution >= 0.6 is 0 Å². The van der Waals surface area contributed by atoms with Gasteiger partial charge in [-0.15, -0.1) is 10.2 Å². The van der Waals surface area contributed by atoms with E-state index in [-0.39, 0.29) is 6.04 Å². The van der Waals surface area contributed by atoms with Crippen LogP contribution in [0.3, 0.4) is 0 Å². The maximum atomic E-state index is 5.52. The van der Waals surface area contributed by atoms with Crippen LogP contribution in [0.25, 0.3) is 0 Å². The lowest BCUT2D eigenvalue weighted by atomic mass is 10.2. The first-order chi connectivity index (χ1) is 11.1. The fourth-order valence-corrected chi connectivity index (χ4v) is 2.44. The Morgan fingerprint density at radius 1 is 1.22 bits per heavy atom. The predicted molar refractivity (Wildman–Crippen MR) is 86.7 cm³/mol. The zero-order valence-corrected chi connectivity index (χ0v) is 13.7. The van der Waals surface area contributed by atoms with Gasteiger partial charge in [-0.1, -0.05) is 30.3 Å². The van der Waals surface area contributed by atoms with Gasteiger partial charge in [-0.2, -0.15) is 0 Å². The molecule has 0 spiro atoms. The molecule has 2 heterocycles. The zero-order valence-electron chi connectivity index (χ0n) is 13.7. The molecule has 6 nitrogen and oxygen atoms in total. The van der Waals surface area contributed by atoms with Gasteiger partial charge in [-0.05, 0) is 19.5 Å². The molecule has 23 heavy (non-hydrogen) atoms. The highest BCUT2D eigenvalue weighted by Gasteiger charge is 2.19. The van der Waals surface area contributed by atoms with Crippen LogP contribution in [-0.4, -0.2) is 31.7 Å². The lowest BCUT2D eigenvalue weighted by Gasteiger charge is -2.21. The van der Waals surface area contributed by atoms with E-state index in [1.54, 1.807) is 6.92 Å². The molecule has 2 aromatic heterocycles. The summed E-state index contributed by atoms with van der Waals surface area (Å²) in [6.45, 7) is 5.38. The second-order valence-electron chi connectivity index (χ2n) is 5.71. The van der Waals surface area contributed by atoms with Crippen LogP contribution in [0.15, 0.2) is 47.1 Å². The molecule has 0 unspecified atom stereocenters. The van der Waals surface area contributed by atoms with Gasteiger partial charge in [0.1, 0.15) is 5.82 Å². The molecule has 1 atom stereocenters. The van der Waals surface area contributed by atoms with E-state index in [4.69, 9.17) is 4.42 Å². The normalized spacial score (nSPS) is 12.7. The van der Waals surface area contributed by atoms with Crippen molar-refractivity contribution in [2.45, 2.75) is 33.0 Å². The number of hydrogen-bond acceptors (Lipinski definition) is 5. The third-order valence-corrected chi connectivity index (χ3v) is 3.95. The second kappa shape index (κ2) is 6.75. The molecule has 3 rings (SSSR count). The second-order valence-corrected chi connectivity index (χ2v) is 5.71. The van der Waals surface area contributed by atoms with E-state index in [9.17, 15) is 0 Å². The quantitative estimate of drug-likeness (QED) is 0.700. The Morgan fingerprint density at radius 3 is 2.70 bits per heavy atom. The fraction of sp³-hybridized carbons (Fsp3) is 0.353. The highest BCUT2D eigenvalue weighted by atomic mass is 16.4. The van der Waals surface area contributed by atoms with Crippen LogP contribution in [0.1, 0.15) is 36.1 Å². The maximum absolute atomic E-state index is 5.52. The molecular formula is C17H21N5O. The molecule has 0 amide bonds. The van der Waals surface area contributed by atoms with E-state index in [1.807, 2.05) is 25.5 Å². The van der Waals surface area contributed by atoms with Gasteiger partial charge in [-0.25, -0.2) is 4.98 Å². The first kappa shape index (κ1) is 15.4. The highest BCUT2D eigenvalue weighted by molar-refractivity contribution is 5.15. The smallest absolute Gasteiger partial charge is 0.233 e. The van der Waals surface area contributed by atoms with Crippen molar-refractivity contribution in [1.29, 1.82) is 0 Å². The van der Waals surface area contributed by atoms with E-state index in [0.29, 0.717) is 18.3 Å². The molecule has 0 aliphatic heterocycles. The Morgan fingerprint density at radius 2 is 2.00 bits per heavy atom. The predicted octanol–water partition coefficient (Wildman–Crippen LogP) is 2.82. The Hall–Kier alpha value is -2.47. The SMILES string of the molecule is Cc1nnc([C@H](C)N(C)Cc2nccn2Cc2ccccc2)o1. The van der Waals surface area contributed by atoms with Gasteiger partial charge >= 0.3 is 0 Å². The summed E-state index contributed by atoms with van der Waals surface area (Å²) < 4.78 is 7.68. The van der Waals surface area contributed by atoms with Crippen LogP contribution < -0.4 is 0 Å². The number of nitrogens with zero attached hydrogens (tertiary/aromatic N) is 5. The van der Waals surface area contributed by atoms with Crippen molar-refractivity contribution >= 4 is 0 Å². The van der Waals surface area contributed by atoms with E-state index in [0.717, 1.165) is 12.4 Å². The summed E-state index contributed by atoms with van der Waals surface area (Å²) in [4.78, 5) is 6.64. The molecular weight excluding hydrogens is 290 g/mol. The van der Waals surface area contributed by atoms with Crippen molar-refractivity contribution in [2.75, 3.05) is 7.05 Å². The van der Waals surface area contributed by atoms with E-state index in [1.165, 1.54) is 5.56 Å². The third-order valence-electron chi connectivity index (χ3n) is 3.95. The summed E-state index contributed by atoms with van der Waals surface area (Å²) in [5.41, 5.74) is 1.26. The van der Waals surface area contributed by atoms with Gasteiger partial charge in [0.15, 0.2) is 0 Å². The Balaban J connectivity index is 1.69. The molecule has 0 saturated heterocycles. The molecule has 0 aliphatic carbocycles. The minimum Gasteiger partial charge on any atom is -0.424 e. The van der Waals surface area contributed by atoms with Gasteiger partial charge in [0.25, 0.3) is 0 Å². The summed E-state index contributed by atoms with van der Waals surface area (Å²) >= 11 is 0. The summed E-state index contributed by atoms with van der Waals surface area (Å²) in [6.07, 6.45) is 3.85. The molecule has 0 N–H and O–H groups in total. The van der Waals surface area contributed by atoms with Crippen molar-refractivity contribution in [2.24, 2.45) is 0 Å². The van der Waals surface area contributed by atoms with Crippen molar-refractivity contribution < 1.29 is 4.42 Å². The van der Waals surface area contributed by atoms with Crippen LogP contribution in [0.4, 0.5) is 0 Å². The van der Waals surface area contributed by atoms with Crippen LogP contribution in [-0.2, 0) is 13.1 Å². The van der Waals surface area contributed by atoms with Crippen LogP contribution in [0.5, 0.6) is 0 Å². The molecule has 120 valence electrons. The molecule has 0 bridgehead atoms. The number of aryl methyl sites for hydroxylation is 1. The average Bonchev–Trinajstić information content (AvgIpc) is 3.17. The number of aromatic nitrogens is 4. The van der Waals surface area contributed by atoms with E-state index < -0.39 is 0 Å². The minimum absolute atomic E-state index is 0.0399. The van der Waals surface area contributed by atoms with Gasteiger partial charge in [0.05, 0.1) is 12.6 Å². The molecule has 0 saturated carbocycles. The molecule has 0 radical (unpaired) electrons. The topological polar surface area (TPSA) is 60.0 Å². The standard InChI is InChI=1S/C17H21N5O/c1-13(17-20-19-14(2)23-17)21(3)12-16-18-9-10-22(16)11-15-7-5-4-6-8-15/h4-10,13H,11-12H2,1-3H3/t13-/m0/s1. The van der Waals surface area contributed by atoms with Gasteiger partial charge in [-0.3, -0.25) is 4.90 Å². The Kier molecular flexibility index (Phi) is 4.52. The molecule has 3 aromatic rings. The summed E-state index contributed by atoms with van der Waals surface area (Å²) in [7, 11) is 2.03. The molecule has 0 aliphatic rings. The summed E-state index contributed by atoms with van der Waals surface area (Å²) in [5, 5.41) is 8.00. The van der Waals surface area contributed by atoms with Crippen molar-refractivity contribution in [3.8, 4) is 0 Å². The van der Waals surface area contributed by atoms with E-state index in [2.05, 4.69) is 55.8 Å². The summed E-state index contributed by atoms with van der Waals surface area (Å²) in [6, 6.07) is 10.4. The first-order valence-corrected chi connectivity index (χ1v) is 7.67. The van der Waals surface area contributed by atoms with Crippen LogP contribution in [0.2, 0.25) is 0 Å². The lowest BCUT2D eigenvalue weighted by Crippen LogP contribution is -2.24. The zero-order chi connectivity index (χ0) is 16.2. The Labute approximate surface area is 135 Å². The average molecular weight is 311 g/mol. The molecule has 1 aromatic carbocycles. The lowest BCUT2D eigenvalue weighted by molar-refractivity contribution is 0.208. The van der Waals surface area contributed by atoms with Crippen molar-refractivity contribution in [1.82, 2.24) is 24.6 Å². The number of imidazole rings is 1. The van der Waals surface area contributed by atoms with Crippen LogP contribution in [0, 0.1) is 6.92 Å². The van der Waals surface area contributed by atoms with Crippen molar-refractivity contribution in [3.05, 3.63) is 65.9 Å². The Bertz CT molecular complexity index is 749. The highest BCUT2D eigenvalue weighted by Crippen LogP contribution is 2.19. The third kappa shape index (κ3) is 3.65. The monoisotopic (exact) mass is 311 g/mol. The minimum atomic E-state index is 0.0399. The van der Waals surface area contributed by atoms with Crippen molar-refractivity contribution in [3.63, 3.8) is 0 Å². The largest absolute Gasteiger partial charge is 0.424 e. The van der Waals surface area contributed by atoms with Gasteiger partial charge in [0, 0.05) is 25.9 Å². The van der Waals surface area contributed by atoms with E-state index >= 15 is 0 Å². The molecule has 0 fully saturated rings. The van der Waals surface area contributed by atoms with Gasteiger partial charge in [0.2, 0.25) is 11.8 Å².